The highest BCUT2D eigenvalue weighted by molar-refractivity contribution is 5.35. The summed E-state index contributed by atoms with van der Waals surface area (Å²) in [7, 11) is 0. The standard InChI is InChI=1S/C12H14FN/c1-4-10-5-11(7-12(13)6-10)8-14-9(2)3/h1,5-7,9,14H,8H2,2-3H3. The molecule has 0 aromatic heterocycles. The fraction of sp³-hybridized carbons (Fsp3) is 0.333. The third kappa shape index (κ3) is 3.20. The molecule has 0 spiro atoms. The number of benzene rings is 1. The van der Waals surface area contributed by atoms with E-state index >= 15 is 0 Å². The van der Waals surface area contributed by atoms with Crippen LogP contribution in [0.25, 0.3) is 0 Å². The van der Waals surface area contributed by atoms with Gasteiger partial charge in [0.25, 0.3) is 0 Å². The largest absolute Gasteiger partial charge is 0.310 e. The predicted octanol–water partition coefficient (Wildman–Crippen LogP) is 2.31. The van der Waals surface area contributed by atoms with E-state index in [2.05, 4.69) is 11.2 Å². The average Bonchev–Trinajstić information content (AvgIpc) is 2.14. The smallest absolute Gasteiger partial charge is 0.124 e. The molecule has 1 nitrogen and oxygen atoms in total. The van der Waals surface area contributed by atoms with Crippen LogP contribution in [-0.2, 0) is 6.54 Å². The first-order valence-electron chi connectivity index (χ1n) is 4.61. The van der Waals surface area contributed by atoms with Gasteiger partial charge in [-0.2, -0.15) is 0 Å². The quantitative estimate of drug-likeness (QED) is 0.723. The van der Waals surface area contributed by atoms with Crippen molar-refractivity contribution in [3.63, 3.8) is 0 Å². The molecular formula is C12H14FN. The van der Waals surface area contributed by atoms with Crippen molar-refractivity contribution >= 4 is 0 Å². The number of rotatable bonds is 3. The van der Waals surface area contributed by atoms with E-state index in [1.54, 1.807) is 0 Å². The van der Waals surface area contributed by atoms with Gasteiger partial charge < -0.3 is 5.32 Å². The van der Waals surface area contributed by atoms with Crippen LogP contribution in [-0.4, -0.2) is 6.04 Å². The number of terminal acetylenes is 1. The average molecular weight is 191 g/mol. The summed E-state index contributed by atoms with van der Waals surface area (Å²) >= 11 is 0. The maximum Gasteiger partial charge on any atom is 0.124 e. The van der Waals surface area contributed by atoms with Gasteiger partial charge in [-0.25, -0.2) is 4.39 Å². The first-order valence-corrected chi connectivity index (χ1v) is 4.61. The number of nitrogens with one attached hydrogen (secondary N) is 1. The first kappa shape index (κ1) is 10.7. The van der Waals surface area contributed by atoms with Crippen molar-refractivity contribution in [1.29, 1.82) is 0 Å². The highest BCUT2D eigenvalue weighted by Gasteiger charge is 1.99. The van der Waals surface area contributed by atoms with Gasteiger partial charge in [0.05, 0.1) is 0 Å². The summed E-state index contributed by atoms with van der Waals surface area (Å²) in [6.45, 7) is 4.73. The minimum absolute atomic E-state index is 0.277. The van der Waals surface area contributed by atoms with Crippen molar-refractivity contribution in [3.8, 4) is 12.3 Å². The van der Waals surface area contributed by atoms with Crippen molar-refractivity contribution in [1.82, 2.24) is 5.32 Å². The van der Waals surface area contributed by atoms with E-state index < -0.39 is 0 Å². The van der Waals surface area contributed by atoms with E-state index in [-0.39, 0.29) is 5.82 Å². The zero-order chi connectivity index (χ0) is 10.6. The van der Waals surface area contributed by atoms with Gasteiger partial charge in [-0.05, 0) is 23.8 Å². The Kier molecular flexibility index (Phi) is 3.67. The predicted molar refractivity (Wildman–Crippen MR) is 56.3 cm³/mol. The molecule has 0 fully saturated rings. The zero-order valence-electron chi connectivity index (χ0n) is 8.47. The maximum atomic E-state index is 13.0. The Balaban J connectivity index is 2.78. The second-order valence-electron chi connectivity index (χ2n) is 3.53. The Morgan fingerprint density at radius 2 is 2.14 bits per heavy atom. The van der Waals surface area contributed by atoms with Gasteiger partial charge in [-0.1, -0.05) is 19.8 Å². The molecule has 0 saturated carbocycles. The van der Waals surface area contributed by atoms with Gasteiger partial charge in [-0.15, -0.1) is 6.42 Å². The summed E-state index contributed by atoms with van der Waals surface area (Å²) in [6.07, 6.45) is 5.21. The molecule has 0 heterocycles. The molecule has 0 aliphatic heterocycles. The molecule has 0 aliphatic rings. The van der Waals surface area contributed by atoms with Crippen LogP contribution >= 0.6 is 0 Å². The minimum Gasteiger partial charge on any atom is -0.310 e. The molecule has 0 radical (unpaired) electrons. The van der Waals surface area contributed by atoms with Crippen LogP contribution in [0, 0.1) is 18.2 Å². The van der Waals surface area contributed by atoms with Crippen LogP contribution < -0.4 is 5.32 Å². The fourth-order valence-electron chi connectivity index (χ4n) is 1.16. The number of hydrogen-bond donors (Lipinski definition) is 1. The van der Waals surface area contributed by atoms with Crippen molar-refractivity contribution < 1.29 is 4.39 Å². The van der Waals surface area contributed by atoms with Gasteiger partial charge in [0.2, 0.25) is 0 Å². The monoisotopic (exact) mass is 191 g/mol. The van der Waals surface area contributed by atoms with Crippen molar-refractivity contribution in [2.45, 2.75) is 26.4 Å². The summed E-state index contributed by atoms with van der Waals surface area (Å²) in [5, 5.41) is 3.21. The van der Waals surface area contributed by atoms with Crippen LogP contribution in [0.1, 0.15) is 25.0 Å². The molecule has 1 aromatic rings. The van der Waals surface area contributed by atoms with Gasteiger partial charge in [0, 0.05) is 18.2 Å². The summed E-state index contributed by atoms with van der Waals surface area (Å²) in [4.78, 5) is 0. The fourth-order valence-corrected chi connectivity index (χ4v) is 1.16. The third-order valence-corrected chi connectivity index (χ3v) is 1.84. The summed E-state index contributed by atoms with van der Waals surface area (Å²) in [5.74, 6) is 2.15. The molecule has 2 heteroatoms. The molecule has 0 saturated heterocycles. The molecular weight excluding hydrogens is 177 g/mol. The van der Waals surface area contributed by atoms with Crippen LogP contribution in [0.2, 0.25) is 0 Å². The molecule has 74 valence electrons. The van der Waals surface area contributed by atoms with E-state index in [1.807, 2.05) is 19.9 Å². The lowest BCUT2D eigenvalue weighted by Crippen LogP contribution is -2.21. The Hall–Kier alpha value is -1.33. The van der Waals surface area contributed by atoms with Crippen LogP contribution in [0.3, 0.4) is 0 Å². The lowest BCUT2D eigenvalue weighted by molar-refractivity contribution is 0.581. The zero-order valence-corrected chi connectivity index (χ0v) is 8.47. The minimum atomic E-state index is -0.277. The Bertz CT molecular complexity index is 350. The summed E-state index contributed by atoms with van der Waals surface area (Å²) in [5.41, 5.74) is 1.47. The topological polar surface area (TPSA) is 12.0 Å². The molecule has 0 unspecified atom stereocenters. The van der Waals surface area contributed by atoms with Crippen LogP contribution in [0.15, 0.2) is 18.2 Å². The SMILES string of the molecule is C#Cc1cc(F)cc(CNC(C)C)c1. The first-order chi connectivity index (χ1) is 6.61. The second-order valence-corrected chi connectivity index (χ2v) is 3.53. The number of hydrogen-bond acceptors (Lipinski definition) is 1. The molecule has 0 amide bonds. The molecule has 1 rings (SSSR count). The molecule has 1 aromatic carbocycles. The van der Waals surface area contributed by atoms with Crippen molar-refractivity contribution in [3.05, 3.63) is 35.1 Å². The third-order valence-electron chi connectivity index (χ3n) is 1.84. The molecule has 0 atom stereocenters. The van der Waals surface area contributed by atoms with Crippen LogP contribution in [0.4, 0.5) is 4.39 Å². The highest BCUT2D eigenvalue weighted by atomic mass is 19.1. The normalized spacial score (nSPS) is 10.2. The molecule has 0 bridgehead atoms. The van der Waals surface area contributed by atoms with Crippen molar-refractivity contribution in [2.24, 2.45) is 0 Å². The Morgan fingerprint density at radius 1 is 1.43 bits per heavy atom. The Morgan fingerprint density at radius 3 is 2.71 bits per heavy atom. The van der Waals surface area contributed by atoms with Gasteiger partial charge in [0.1, 0.15) is 5.82 Å². The lowest BCUT2D eigenvalue weighted by atomic mass is 10.1. The maximum absolute atomic E-state index is 13.0. The van der Waals surface area contributed by atoms with Crippen molar-refractivity contribution in [2.75, 3.05) is 0 Å². The summed E-state index contributed by atoms with van der Waals surface area (Å²) in [6, 6.07) is 5.06. The van der Waals surface area contributed by atoms with Gasteiger partial charge >= 0.3 is 0 Å². The van der Waals surface area contributed by atoms with Crippen LogP contribution in [0.5, 0.6) is 0 Å². The van der Waals surface area contributed by atoms with Gasteiger partial charge in [0.15, 0.2) is 0 Å². The summed E-state index contributed by atoms with van der Waals surface area (Å²) < 4.78 is 13.0. The Labute approximate surface area is 84.3 Å². The molecule has 1 N–H and O–H groups in total. The van der Waals surface area contributed by atoms with E-state index in [0.717, 1.165) is 5.56 Å². The van der Waals surface area contributed by atoms with E-state index in [1.165, 1.54) is 12.1 Å². The molecule has 0 aliphatic carbocycles. The van der Waals surface area contributed by atoms with Gasteiger partial charge in [-0.3, -0.25) is 0 Å². The highest BCUT2D eigenvalue weighted by Crippen LogP contribution is 2.08. The van der Waals surface area contributed by atoms with E-state index in [4.69, 9.17) is 6.42 Å². The van der Waals surface area contributed by atoms with E-state index in [9.17, 15) is 4.39 Å². The molecule has 14 heavy (non-hydrogen) atoms. The number of halogens is 1. The second kappa shape index (κ2) is 4.78. The lowest BCUT2D eigenvalue weighted by Gasteiger charge is -2.08. The van der Waals surface area contributed by atoms with E-state index in [0.29, 0.717) is 18.2 Å².